The lowest BCUT2D eigenvalue weighted by Crippen LogP contribution is -2.22. The van der Waals surface area contributed by atoms with Gasteiger partial charge in [-0.25, -0.2) is 4.39 Å². The third kappa shape index (κ3) is 1.19. The summed E-state index contributed by atoms with van der Waals surface area (Å²) in [5.74, 6) is -0.00386. The molecule has 1 aromatic heterocycles. The van der Waals surface area contributed by atoms with Crippen LogP contribution in [-0.2, 0) is 4.79 Å². The van der Waals surface area contributed by atoms with Gasteiger partial charge in [0, 0.05) is 29.4 Å². The summed E-state index contributed by atoms with van der Waals surface area (Å²) in [7, 11) is 0. The SMILES string of the molecule is O=C1CCC1c1c[nH]c2ccc(F)cc12. The molecule has 1 aliphatic carbocycles. The number of carbonyl (C=O) groups is 1. The van der Waals surface area contributed by atoms with Crippen LogP contribution in [0.4, 0.5) is 4.39 Å². The molecule has 0 radical (unpaired) electrons. The highest BCUT2D eigenvalue weighted by molar-refractivity contribution is 5.96. The van der Waals surface area contributed by atoms with Crippen molar-refractivity contribution in [3.63, 3.8) is 0 Å². The standard InChI is InChI=1S/C12H10FNO/c13-7-1-3-11-9(5-7)10(6-14-11)8-2-4-12(8)15/h1,3,5-6,8,14H,2,4H2. The highest BCUT2D eigenvalue weighted by Gasteiger charge is 2.31. The van der Waals surface area contributed by atoms with Crippen molar-refractivity contribution in [3.05, 3.63) is 35.8 Å². The summed E-state index contributed by atoms with van der Waals surface area (Å²) in [6.07, 6.45) is 3.38. The van der Waals surface area contributed by atoms with Gasteiger partial charge in [0.1, 0.15) is 11.6 Å². The van der Waals surface area contributed by atoms with Gasteiger partial charge in [-0.15, -0.1) is 0 Å². The number of H-pyrrole nitrogens is 1. The zero-order valence-electron chi connectivity index (χ0n) is 8.09. The van der Waals surface area contributed by atoms with E-state index >= 15 is 0 Å². The first-order valence-electron chi connectivity index (χ1n) is 5.05. The van der Waals surface area contributed by atoms with E-state index in [0.29, 0.717) is 6.42 Å². The number of fused-ring (bicyclic) bond motifs is 1. The molecule has 0 bridgehead atoms. The van der Waals surface area contributed by atoms with Crippen molar-refractivity contribution >= 4 is 16.7 Å². The van der Waals surface area contributed by atoms with Crippen LogP contribution in [0.2, 0.25) is 0 Å². The van der Waals surface area contributed by atoms with E-state index < -0.39 is 0 Å². The van der Waals surface area contributed by atoms with Gasteiger partial charge in [-0.2, -0.15) is 0 Å². The van der Waals surface area contributed by atoms with Gasteiger partial charge in [0.15, 0.2) is 0 Å². The maximum Gasteiger partial charge on any atom is 0.140 e. The topological polar surface area (TPSA) is 32.9 Å². The molecule has 0 saturated heterocycles. The first kappa shape index (κ1) is 8.65. The van der Waals surface area contributed by atoms with E-state index in [4.69, 9.17) is 0 Å². The predicted molar refractivity (Wildman–Crippen MR) is 55.2 cm³/mol. The smallest absolute Gasteiger partial charge is 0.140 e. The Hall–Kier alpha value is -1.64. The van der Waals surface area contributed by atoms with E-state index in [1.807, 2.05) is 6.20 Å². The van der Waals surface area contributed by atoms with E-state index in [2.05, 4.69) is 4.98 Å². The fourth-order valence-electron chi connectivity index (χ4n) is 2.14. The summed E-state index contributed by atoms with van der Waals surface area (Å²) in [4.78, 5) is 14.4. The van der Waals surface area contributed by atoms with Crippen LogP contribution in [0.15, 0.2) is 24.4 Å². The van der Waals surface area contributed by atoms with Crippen LogP contribution in [0.1, 0.15) is 24.3 Å². The van der Waals surface area contributed by atoms with Crippen LogP contribution < -0.4 is 0 Å². The van der Waals surface area contributed by atoms with Gasteiger partial charge < -0.3 is 4.98 Å². The number of ketones is 1. The Labute approximate surface area is 86.1 Å². The summed E-state index contributed by atoms with van der Waals surface area (Å²) in [5.41, 5.74) is 1.84. The number of hydrogen-bond acceptors (Lipinski definition) is 1. The van der Waals surface area contributed by atoms with E-state index in [1.165, 1.54) is 12.1 Å². The lowest BCUT2D eigenvalue weighted by molar-refractivity contribution is -0.125. The average Bonchev–Trinajstić information content (AvgIpc) is 2.59. The molecule has 2 aromatic rings. The average molecular weight is 203 g/mol. The van der Waals surface area contributed by atoms with Crippen molar-refractivity contribution < 1.29 is 9.18 Å². The van der Waals surface area contributed by atoms with Crippen molar-refractivity contribution in [2.75, 3.05) is 0 Å². The molecule has 1 heterocycles. The van der Waals surface area contributed by atoms with Crippen molar-refractivity contribution in [1.29, 1.82) is 0 Å². The number of nitrogens with one attached hydrogen (secondary N) is 1. The molecule has 1 atom stereocenters. The second-order valence-electron chi connectivity index (χ2n) is 3.99. The molecular formula is C12H10FNO. The van der Waals surface area contributed by atoms with Crippen molar-refractivity contribution in [2.45, 2.75) is 18.8 Å². The molecular weight excluding hydrogens is 193 g/mol. The predicted octanol–water partition coefficient (Wildman–Crippen LogP) is 2.75. The van der Waals surface area contributed by atoms with Gasteiger partial charge in [0.05, 0.1) is 0 Å². The van der Waals surface area contributed by atoms with Crippen molar-refractivity contribution in [2.24, 2.45) is 0 Å². The molecule has 0 spiro atoms. The Balaban J connectivity index is 2.18. The van der Waals surface area contributed by atoms with Crippen LogP contribution >= 0.6 is 0 Å². The molecule has 1 saturated carbocycles. The zero-order chi connectivity index (χ0) is 10.4. The highest BCUT2D eigenvalue weighted by atomic mass is 19.1. The van der Waals surface area contributed by atoms with Gasteiger partial charge in [-0.3, -0.25) is 4.79 Å². The molecule has 1 aromatic carbocycles. The second-order valence-corrected chi connectivity index (χ2v) is 3.99. The summed E-state index contributed by atoms with van der Waals surface area (Å²) in [5, 5.41) is 0.841. The third-order valence-electron chi connectivity index (χ3n) is 3.12. The highest BCUT2D eigenvalue weighted by Crippen LogP contribution is 2.36. The number of rotatable bonds is 1. The van der Waals surface area contributed by atoms with Gasteiger partial charge >= 0.3 is 0 Å². The monoisotopic (exact) mass is 203 g/mol. The molecule has 1 N–H and O–H groups in total. The van der Waals surface area contributed by atoms with Crippen LogP contribution in [0.25, 0.3) is 10.9 Å². The van der Waals surface area contributed by atoms with Crippen molar-refractivity contribution in [3.8, 4) is 0 Å². The lowest BCUT2D eigenvalue weighted by Gasteiger charge is -2.23. The lowest BCUT2D eigenvalue weighted by atomic mass is 9.78. The van der Waals surface area contributed by atoms with Gasteiger partial charge in [0.25, 0.3) is 0 Å². The summed E-state index contributed by atoms with van der Waals surface area (Å²) in [6, 6.07) is 4.62. The molecule has 15 heavy (non-hydrogen) atoms. The number of benzene rings is 1. The fraction of sp³-hybridized carbons (Fsp3) is 0.250. The Morgan fingerprint density at radius 1 is 1.40 bits per heavy atom. The van der Waals surface area contributed by atoms with Gasteiger partial charge in [-0.1, -0.05) is 0 Å². The third-order valence-corrected chi connectivity index (χ3v) is 3.12. The molecule has 76 valence electrons. The minimum absolute atomic E-state index is 0.0134. The maximum atomic E-state index is 13.1. The van der Waals surface area contributed by atoms with Gasteiger partial charge in [-0.05, 0) is 30.2 Å². The number of aromatic amines is 1. The maximum absolute atomic E-state index is 13.1. The van der Waals surface area contributed by atoms with E-state index in [1.54, 1.807) is 6.07 Å². The Morgan fingerprint density at radius 3 is 2.93 bits per heavy atom. The van der Waals surface area contributed by atoms with Crippen molar-refractivity contribution in [1.82, 2.24) is 4.98 Å². The minimum Gasteiger partial charge on any atom is -0.361 e. The molecule has 0 amide bonds. The summed E-state index contributed by atoms with van der Waals surface area (Å²) < 4.78 is 13.1. The van der Waals surface area contributed by atoms with Crippen LogP contribution in [-0.4, -0.2) is 10.8 Å². The fourth-order valence-corrected chi connectivity index (χ4v) is 2.14. The molecule has 0 aliphatic heterocycles. The summed E-state index contributed by atoms with van der Waals surface area (Å²) >= 11 is 0. The molecule has 1 unspecified atom stereocenters. The van der Waals surface area contributed by atoms with Gasteiger partial charge in [0.2, 0.25) is 0 Å². The molecule has 1 aliphatic rings. The largest absolute Gasteiger partial charge is 0.361 e. The number of carbonyl (C=O) groups excluding carboxylic acids is 1. The minimum atomic E-state index is -0.255. The number of halogens is 1. The molecule has 2 nitrogen and oxygen atoms in total. The second kappa shape index (κ2) is 2.92. The molecule has 3 rings (SSSR count). The quantitative estimate of drug-likeness (QED) is 0.759. The van der Waals surface area contributed by atoms with E-state index in [0.717, 1.165) is 22.9 Å². The Bertz CT molecular complexity index is 544. The Morgan fingerprint density at radius 2 is 2.27 bits per heavy atom. The number of aromatic nitrogens is 1. The normalized spacial score (nSPS) is 20.6. The van der Waals surface area contributed by atoms with Crippen LogP contribution in [0.3, 0.4) is 0 Å². The summed E-state index contributed by atoms with van der Waals surface area (Å²) in [6.45, 7) is 0. The molecule has 3 heteroatoms. The first-order chi connectivity index (χ1) is 7.25. The van der Waals surface area contributed by atoms with E-state index in [-0.39, 0.29) is 17.5 Å². The van der Waals surface area contributed by atoms with Crippen LogP contribution in [0.5, 0.6) is 0 Å². The van der Waals surface area contributed by atoms with Crippen LogP contribution in [0, 0.1) is 5.82 Å². The number of hydrogen-bond donors (Lipinski definition) is 1. The first-order valence-corrected chi connectivity index (χ1v) is 5.05. The zero-order valence-corrected chi connectivity index (χ0v) is 8.09. The number of Topliss-reactive ketones (excluding diaryl/α,β-unsaturated/α-hetero) is 1. The Kier molecular flexibility index (Phi) is 1.69. The van der Waals surface area contributed by atoms with E-state index in [9.17, 15) is 9.18 Å². The molecule has 1 fully saturated rings.